The van der Waals surface area contributed by atoms with E-state index < -0.39 is 0 Å². The van der Waals surface area contributed by atoms with Crippen LogP contribution in [0.15, 0.2) is 36.4 Å². The molecule has 0 fully saturated rings. The molecule has 1 unspecified atom stereocenters. The summed E-state index contributed by atoms with van der Waals surface area (Å²) in [5.74, 6) is 0.693. The van der Waals surface area contributed by atoms with Crippen molar-refractivity contribution in [1.82, 2.24) is 5.32 Å². The second-order valence-corrected chi connectivity index (χ2v) is 6.37. The van der Waals surface area contributed by atoms with Crippen molar-refractivity contribution in [1.29, 1.82) is 0 Å². The first-order chi connectivity index (χ1) is 10.9. The zero-order valence-electron chi connectivity index (χ0n) is 13.7. The first-order valence-electron chi connectivity index (χ1n) is 7.39. The number of nitrogens with one attached hydrogen (secondary N) is 2. The molecule has 0 bridgehead atoms. The fraction of sp³-hybridized carbons (Fsp3) is 0.278. The number of anilines is 1. The first kappa shape index (κ1) is 17.6. The monoisotopic (exact) mass is 348 g/mol. The van der Waals surface area contributed by atoms with Crippen LogP contribution < -0.4 is 15.4 Å². The minimum atomic E-state index is 0.0973. The smallest absolute Gasteiger partial charge is 0.171 e. The largest absolute Gasteiger partial charge is 0.495 e. The highest BCUT2D eigenvalue weighted by Gasteiger charge is 2.11. The molecule has 0 aromatic heterocycles. The van der Waals surface area contributed by atoms with Gasteiger partial charge in [-0.2, -0.15) is 0 Å². The SMILES string of the molecule is COc1ccc(Cl)cc1NC(=S)NC(C)c1cc(C)ccc1C. The molecule has 2 aromatic rings. The first-order valence-corrected chi connectivity index (χ1v) is 8.17. The summed E-state index contributed by atoms with van der Waals surface area (Å²) in [5, 5.41) is 7.60. The van der Waals surface area contributed by atoms with E-state index in [1.807, 2.05) is 0 Å². The van der Waals surface area contributed by atoms with Gasteiger partial charge in [0.15, 0.2) is 5.11 Å². The Morgan fingerprint density at radius 2 is 1.91 bits per heavy atom. The highest BCUT2D eigenvalue weighted by molar-refractivity contribution is 7.80. The summed E-state index contributed by atoms with van der Waals surface area (Å²) < 4.78 is 5.32. The molecule has 5 heteroatoms. The van der Waals surface area contributed by atoms with Gasteiger partial charge in [0.2, 0.25) is 0 Å². The Morgan fingerprint density at radius 1 is 1.17 bits per heavy atom. The van der Waals surface area contributed by atoms with Gasteiger partial charge >= 0.3 is 0 Å². The Morgan fingerprint density at radius 3 is 2.61 bits per heavy atom. The van der Waals surface area contributed by atoms with Gasteiger partial charge in [0.25, 0.3) is 0 Å². The summed E-state index contributed by atoms with van der Waals surface area (Å²) >= 11 is 11.5. The van der Waals surface area contributed by atoms with Gasteiger partial charge < -0.3 is 15.4 Å². The minimum absolute atomic E-state index is 0.0973. The Balaban J connectivity index is 2.10. The summed E-state index contributed by atoms with van der Waals surface area (Å²) in [5.41, 5.74) is 4.44. The topological polar surface area (TPSA) is 33.3 Å². The van der Waals surface area contributed by atoms with Crippen LogP contribution in [-0.2, 0) is 0 Å². The van der Waals surface area contributed by atoms with Crippen molar-refractivity contribution >= 4 is 34.6 Å². The molecule has 0 radical (unpaired) electrons. The Kier molecular flexibility index (Phi) is 5.85. The summed E-state index contributed by atoms with van der Waals surface area (Å²) in [6.07, 6.45) is 0. The molecule has 0 aliphatic heterocycles. The normalized spacial score (nSPS) is 11.7. The molecule has 23 heavy (non-hydrogen) atoms. The molecule has 122 valence electrons. The third-order valence-corrected chi connectivity index (χ3v) is 4.11. The maximum Gasteiger partial charge on any atom is 0.171 e. The van der Waals surface area contributed by atoms with Crippen molar-refractivity contribution in [2.75, 3.05) is 12.4 Å². The molecule has 2 aromatic carbocycles. The number of aryl methyl sites for hydroxylation is 2. The van der Waals surface area contributed by atoms with Gasteiger partial charge in [-0.15, -0.1) is 0 Å². The lowest BCUT2D eigenvalue weighted by molar-refractivity contribution is 0.417. The third kappa shape index (κ3) is 4.60. The molecule has 2 N–H and O–H groups in total. The van der Waals surface area contributed by atoms with Crippen LogP contribution in [0.4, 0.5) is 5.69 Å². The van der Waals surface area contributed by atoms with Gasteiger partial charge in [0.1, 0.15) is 5.75 Å². The average molecular weight is 349 g/mol. The van der Waals surface area contributed by atoms with E-state index in [0.717, 1.165) is 5.69 Å². The van der Waals surface area contributed by atoms with E-state index >= 15 is 0 Å². The van der Waals surface area contributed by atoms with Crippen LogP contribution in [0.3, 0.4) is 0 Å². The second kappa shape index (κ2) is 7.66. The van der Waals surface area contributed by atoms with Gasteiger partial charge in [-0.3, -0.25) is 0 Å². The standard InChI is InChI=1S/C18H21ClN2OS/c1-11-5-6-12(2)15(9-11)13(3)20-18(23)21-16-10-14(19)7-8-17(16)22-4/h5-10,13H,1-4H3,(H2,20,21,23). The van der Waals surface area contributed by atoms with Crippen LogP contribution in [0.1, 0.15) is 29.7 Å². The van der Waals surface area contributed by atoms with Gasteiger partial charge in [-0.05, 0) is 62.3 Å². The van der Waals surface area contributed by atoms with E-state index in [4.69, 9.17) is 28.6 Å². The molecule has 0 aliphatic carbocycles. The van der Waals surface area contributed by atoms with E-state index in [9.17, 15) is 0 Å². The summed E-state index contributed by atoms with van der Waals surface area (Å²) in [7, 11) is 1.61. The van der Waals surface area contributed by atoms with Crippen LogP contribution in [0, 0.1) is 13.8 Å². The van der Waals surface area contributed by atoms with E-state index in [1.54, 1.807) is 25.3 Å². The second-order valence-electron chi connectivity index (χ2n) is 5.52. The molecule has 0 spiro atoms. The van der Waals surface area contributed by atoms with Crippen LogP contribution >= 0.6 is 23.8 Å². The molecule has 0 saturated heterocycles. The fourth-order valence-electron chi connectivity index (χ4n) is 2.44. The molecule has 0 saturated carbocycles. The van der Waals surface area contributed by atoms with Crippen molar-refractivity contribution in [2.24, 2.45) is 0 Å². The Bertz CT molecular complexity index is 718. The van der Waals surface area contributed by atoms with Crippen molar-refractivity contribution < 1.29 is 4.74 Å². The maximum absolute atomic E-state index is 6.04. The highest BCUT2D eigenvalue weighted by Crippen LogP contribution is 2.28. The fourth-order valence-corrected chi connectivity index (χ4v) is 2.90. The molecule has 1 atom stereocenters. The van der Waals surface area contributed by atoms with E-state index in [1.165, 1.54) is 16.7 Å². The summed E-state index contributed by atoms with van der Waals surface area (Å²) in [6.45, 7) is 6.28. The van der Waals surface area contributed by atoms with E-state index in [-0.39, 0.29) is 6.04 Å². The lowest BCUT2D eigenvalue weighted by Gasteiger charge is -2.20. The van der Waals surface area contributed by atoms with Crippen LogP contribution in [-0.4, -0.2) is 12.2 Å². The maximum atomic E-state index is 6.04. The Labute approximate surface area is 148 Å². The summed E-state index contributed by atoms with van der Waals surface area (Å²) in [4.78, 5) is 0. The van der Waals surface area contributed by atoms with Crippen molar-refractivity contribution in [3.63, 3.8) is 0 Å². The number of benzene rings is 2. The number of rotatable bonds is 4. The van der Waals surface area contributed by atoms with Gasteiger partial charge in [-0.1, -0.05) is 35.4 Å². The number of hydrogen-bond donors (Lipinski definition) is 2. The molecule has 2 rings (SSSR count). The van der Waals surface area contributed by atoms with Crippen LogP contribution in [0.25, 0.3) is 0 Å². The predicted octanol–water partition coefficient (Wildman–Crippen LogP) is 5.01. The van der Waals surface area contributed by atoms with Crippen LogP contribution in [0.2, 0.25) is 5.02 Å². The quantitative estimate of drug-likeness (QED) is 0.761. The Hall–Kier alpha value is -1.78. The molecule has 3 nitrogen and oxygen atoms in total. The van der Waals surface area contributed by atoms with E-state index in [2.05, 4.69) is 49.6 Å². The third-order valence-electron chi connectivity index (χ3n) is 3.66. The average Bonchev–Trinajstić information content (AvgIpc) is 2.49. The lowest BCUT2D eigenvalue weighted by atomic mass is 10.0. The number of methoxy groups -OCH3 is 1. The molecular formula is C18H21ClN2OS. The van der Waals surface area contributed by atoms with Crippen molar-refractivity contribution in [3.05, 3.63) is 58.1 Å². The zero-order chi connectivity index (χ0) is 17.0. The van der Waals surface area contributed by atoms with Gasteiger partial charge in [0, 0.05) is 5.02 Å². The van der Waals surface area contributed by atoms with Crippen molar-refractivity contribution in [2.45, 2.75) is 26.8 Å². The molecular weight excluding hydrogens is 328 g/mol. The van der Waals surface area contributed by atoms with Gasteiger partial charge in [0.05, 0.1) is 18.8 Å². The number of ether oxygens (including phenoxy) is 1. The zero-order valence-corrected chi connectivity index (χ0v) is 15.3. The van der Waals surface area contributed by atoms with Gasteiger partial charge in [-0.25, -0.2) is 0 Å². The van der Waals surface area contributed by atoms with E-state index in [0.29, 0.717) is 15.9 Å². The summed E-state index contributed by atoms with van der Waals surface area (Å²) in [6, 6.07) is 11.9. The predicted molar refractivity (Wildman–Crippen MR) is 102 cm³/mol. The van der Waals surface area contributed by atoms with Crippen molar-refractivity contribution in [3.8, 4) is 5.75 Å². The van der Waals surface area contributed by atoms with Crippen LogP contribution in [0.5, 0.6) is 5.75 Å². The minimum Gasteiger partial charge on any atom is -0.495 e. The highest BCUT2D eigenvalue weighted by atomic mass is 35.5. The number of thiocarbonyl (C=S) groups is 1. The number of hydrogen-bond acceptors (Lipinski definition) is 2. The molecule has 0 amide bonds. The molecule has 0 heterocycles. The number of halogens is 1. The molecule has 0 aliphatic rings. The lowest BCUT2D eigenvalue weighted by Crippen LogP contribution is -2.31.